The fourth-order valence-electron chi connectivity index (χ4n) is 2.51. The van der Waals surface area contributed by atoms with Crippen molar-refractivity contribution in [1.82, 2.24) is 20.9 Å². The van der Waals surface area contributed by atoms with Gasteiger partial charge in [-0.3, -0.25) is 9.59 Å². The number of thiazole rings is 1. The van der Waals surface area contributed by atoms with Gasteiger partial charge in [-0.05, 0) is 12.0 Å². The number of nitrogens with one attached hydrogen (secondary N) is 3. The Morgan fingerprint density at radius 3 is 2.40 bits per heavy atom. The van der Waals surface area contributed by atoms with E-state index in [1.165, 1.54) is 16.7 Å². The highest BCUT2D eigenvalue weighted by atomic mass is 32.1. The number of hydrogen-bond donors (Lipinski definition) is 3. The maximum atomic E-state index is 12.4. The summed E-state index contributed by atoms with van der Waals surface area (Å²) in [6.45, 7) is 7.97. The predicted octanol–water partition coefficient (Wildman–Crippen LogP) is 2.12. The van der Waals surface area contributed by atoms with Crippen molar-refractivity contribution >= 4 is 35.2 Å². The number of alkyl carbamates (subject to hydrolysis) is 1. The van der Waals surface area contributed by atoms with E-state index in [1.807, 2.05) is 0 Å². The number of aromatic nitrogens is 1. The third-order valence-electron chi connectivity index (χ3n) is 4.34. The summed E-state index contributed by atoms with van der Waals surface area (Å²) in [6.07, 6.45) is 0.186. The smallest absolute Gasteiger partial charge is 0.407 e. The van der Waals surface area contributed by atoms with Crippen LogP contribution >= 0.6 is 11.3 Å². The molecule has 0 radical (unpaired) electrons. The molecule has 0 unspecified atom stereocenters. The van der Waals surface area contributed by atoms with Crippen molar-refractivity contribution in [3.8, 4) is 10.6 Å². The molecular formula is C23H26N4O7S. The fraction of sp³-hybridized carbons (Fsp3) is 0.261. The molecule has 2 aromatic rings. The molecule has 3 N–H and O–H groups in total. The molecule has 0 aliphatic heterocycles. The summed E-state index contributed by atoms with van der Waals surface area (Å²) in [5.74, 6) is -2.27. The lowest BCUT2D eigenvalue weighted by atomic mass is 10.1. The second-order valence-electron chi connectivity index (χ2n) is 6.94. The topological polar surface area (TPSA) is 145 Å². The molecule has 2 rings (SSSR count). The number of amides is 3. The first-order valence-electron chi connectivity index (χ1n) is 10.3. The number of nitrogens with zero attached hydrogens (tertiary/aromatic N) is 1. The molecule has 0 aliphatic rings. The summed E-state index contributed by atoms with van der Waals surface area (Å²) in [6, 6.07) is 7.16. The Kier molecular flexibility index (Phi) is 10.6. The summed E-state index contributed by atoms with van der Waals surface area (Å²) in [7, 11) is 2.73. The van der Waals surface area contributed by atoms with Gasteiger partial charge in [0.2, 0.25) is 0 Å². The Hall–Kier alpha value is -4.03. The summed E-state index contributed by atoms with van der Waals surface area (Å²) >= 11 is 1.24. The van der Waals surface area contributed by atoms with Crippen molar-refractivity contribution < 1.29 is 33.4 Å². The van der Waals surface area contributed by atoms with E-state index in [4.69, 9.17) is 9.47 Å². The number of benzene rings is 1. The molecule has 1 aromatic heterocycles. The van der Waals surface area contributed by atoms with Crippen LogP contribution in [0, 0.1) is 0 Å². The monoisotopic (exact) mass is 502 g/mol. The minimum atomic E-state index is -0.819. The maximum Gasteiger partial charge on any atom is 0.407 e. The normalized spacial score (nSPS) is 10.1. The molecule has 35 heavy (non-hydrogen) atoms. The molecule has 3 amide bonds. The quantitative estimate of drug-likeness (QED) is 0.227. The molecule has 1 aromatic carbocycles. The number of methoxy groups -OCH3 is 2. The largest absolute Gasteiger partial charge is 0.464 e. The SMILES string of the molecule is C=C(NC(=O)c1csc(-c2ccc(COC(=O)NCCCOC)cc2)n1)C(=O)NC(=C)C(=O)OC. The summed E-state index contributed by atoms with van der Waals surface area (Å²) < 4.78 is 14.5. The zero-order valence-electron chi connectivity index (χ0n) is 19.3. The molecule has 0 spiro atoms. The Morgan fingerprint density at radius 1 is 1.03 bits per heavy atom. The lowest BCUT2D eigenvalue weighted by Gasteiger charge is -2.09. The highest BCUT2D eigenvalue weighted by molar-refractivity contribution is 7.13. The van der Waals surface area contributed by atoms with Crippen molar-refractivity contribution in [2.24, 2.45) is 0 Å². The predicted molar refractivity (Wildman–Crippen MR) is 128 cm³/mol. The molecule has 11 nitrogen and oxygen atoms in total. The van der Waals surface area contributed by atoms with Gasteiger partial charge in [-0.15, -0.1) is 11.3 Å². The zero-order chi connectivity index (χ0) is 25.8. The number of carbonyl (C=O) groups excluding carboxylic acids is 4. The van der Waals surface area contributed by atoms with Crippen LogP contribution in [0.2, 0.25) is 0 Å². The van der Waals surface area contributed by atoms with Crippen molar-refractivity contribution in [2.75, 3.05) is 27.4 Å². The lowest BCUT2D eigenvalue weighted by molar-refractivity contribution is -0.137. The van der Waals surface area contributed by atoms with Crippen LogP contribution in [0.25, 0.3) is 10.6 Å². The van der Waals surface area contributed by atoms with E-state index in [0.29, 0.717) is 24.6 Å². The van der Waals surface area contributed by atoms with Crippen LogP contribution in [-0.4, -0.2) is 56.2 Å². The van der Waals surface area contributed by atoms with Gasteiger partial charge in [0.1, 0.15) is 23.0 Å². The third kappa shape index (κ3) is 8.68. The molecule has 0 aliphatic carbocycles. The Morgan fingerprint density at radius 2 is 1.74 bits per heavy atom. The van der Waals surface area contributed by atoms with Gasteiger partial charge in [0.15, 0.2) is 0 Å². The number of rotatable bonds is 12. The number of esters is 1. The Labute approximate surface area is 206 Å². The molecule has 1 heterocycles. The fourth-order valence-corrected chi connectivity index (χ4v) is 3.31. The van der Waals surface area contributed by atoms with Crippen molar-refractivity contribution in [3.63, 3.8) is 0 Å². The van der Waals surface area contributed by atoms with E-state index in [2.05, 4.69) is 38.8 Å². The van der Waals surface area contributed by atoms with Crippen LogP contribution < -0.4 is 16.0 Å². The van der Waals surface area contributed by atoms with Crippen LogP contribution in [0.1, 0.15) is 22.5 Å². The molecule has 12 heteroatoms. The van der Waals surface area contributed by atoms with Gasteiger partial charge in [-0.25, -0.2) is 14.6 Å². The molecule has 0 atom stereocenters. The van der Waals surface area contributed by atoms with Gasteiger partial charge in [-0.2, -0.15) is 0 Å². The van der Waals surface area contributed by atoms with Gasteiger partial charge in [0, 0.05) is 31.2 Å². The van der Waals surface area contributed by atoms with E-state index in [-0.39, 0.29) is 23.7 Å². The molecule has 186 valence electrons. The van der Waals surface area contributed by atoms with Crippen LogP contribution in [0.15, 0.2) is 54.2 Å². The standard InChI is InChI=1S/C23H26N4O7S/c1-14(19(28)26-15(2)22(30)33-4)25-20(29)18-13-35-21(27-18)17-8-6-16(7-9-17)12-34-23(31)24-10-5-11-32-3/h6-9,13H,1-2,5,10-12H2,3-4H3,(H,24,31)(H,25,29)(H,26,28). The minimum absolute atomic E-state index is 0.0864. The second kappa shape index (κ2) is 13.6. The van der Waals surface area contributed by atoms with Crippen LogP contribution in [-0.2, 0) is 30.4 Å². The highest BCUT2D eigenvalue weighted by Crippen LogP contribution is 2.24. The number of ether oxygens (including phenoxy) is 3. The van der Waals surface area contributed by atoms with Gasteiger partial charge < -0.3 is 30.2 Å². The first-order valence-corrected chi connectivity index (χ1v) is 11.2. The number of hydrogen-bond acceptors (Lipinski definition) is 9. The molecule has 0 saturated carbocycles. The highest BCUT2D eigenvalue weighted by Gasteiger charge is 2.18. The third-order valence-corrected chi connectivity index (χ3v) is 5.23. The molecule has 0 fully saturated rings. The van der Waals surface area contributed by atoms with E-state index >= 15 is 0 Å². The van der Waals surface area contributed by atoms with E-state index in [9.17, 15) is 19.2 Å². The van der Waals surface area contributed by atoms with Crippen LogP contribution in [0.3, 0.4) is 0 Å². The van der Waals surface area contributed by atoms with E-state index < -0.39 is 23.9 Å². The lowest BCUT2D eigenvalue weighted by Crippen LogP contribution is -2.35. The van der Waals surface area contributed by atoms with Crippen LogP contribution in [0.5, 0.6) is 0 Å². The summed E-state index contributed by atoms with van der Waals surface area (Å²) in [5.41, 5.74) is 1.05. The van der Waals surface area contributed by atoms with Gasteiger partial charge in [0.05, 0.1) is 12.8 Å². The second-order valence-corrected chi connectivity index (χ2v) is 7.80. The average Bonchev–Trinajstić information content (AvgIpc) is 3.35. The first kappa shape index (κ1) is 27.2. The minimum Gasteiger partial charge on any atom is -0.464 e. The van der Waals surface area contributed by atoms with Crippen molar-refractivity contribution in [1.29, 1.82) is 0 Å². The molecule has 0 bridgehead atoms. The Bertz CT molecular complexity index is 1100. The van der Waals surface area contributed by atoms with Crippen molar-refractivity contribution in [2.45, 2.75) is 13.0 Å². The zero-order valence-corrected chi connectivity index (χ0v) is 20.2. The van der Waals surface area contributed by atoms with Gasteiger partial charge >= 0.3 is 12.1 Å². The number of carbonyl (C=O) groups is 4. The van der Waals surface area contributed by atoms with Gasteiger partial charge in [0.25, 0.3) is 11.8 Å². The van der Waals surface area contributed by atoms with E-state index in [0.717, 1.165) is 18.2 Å². The van der Waals surface area contributed by atoms with Gasteiger partial charge in [-0.1, -0.05) is 37.4 Å². The van der Waals surface area contributed by atoms with Crippen molar-refractivity contribution in [3.05, 3.63) is 65.5 Å². The summed E-state index contributed by atoms with van der Waals surface area (Å²) in [5, 5.41) is 9.24. The van der Waals surface area contributed by atoms with Crippen LogP contribution in [0.4, 0.5) is 4.79 Å². The van der Waals surface area contributed by atoms with E-state index in [1.54, 1.807) is 31.4 Å². The Balaban J connectivity index is 1.87. The average molecular weight is 503 g/mol. The first-order chi connectivity index (χ1) is 16.7. The molecule has 0 saturated heterocycles. The summed E-state index contributed by atoms with van der Waals surface area (Å²) in [4.78, 5) is 51.7. The molecular weight excluding hydrogens is 476 g/mol. The maximum absolute atomic E-state index is 12.4.